The number of nitrogens with zero attached hydrogens (tertiary/aromatic N) is 1. The van der Waals surface area contributed by atoms with Gasteiger partial charge in [0.25, 0.3) is 10.2 Å². The molecule has 1 aromatic rings. The fourth-order valence-electron chi connectivity index (χ4n) is 1.72. The second-order valence-corrected chi connectivity index (χ2v) is 7.89. The SMILES string of the molecule is Cc1ccc(CC(C)NS(=O)(=O)N(C)CCCN)s1. The van der Waals surface area contributed by atoms with Crippen molar-refractivity contribution in [3.63, 3.8) is 0 Å². The van der Waals surface area contributed by atoms with E-state index in [1.54, 1.807) is 18.4 Å². The first kappa shape index (κ1) is 16.6. The Bertz CT molecular complexity index is 485. The molecule has 1 rings (SSSR count). The van der Waals surface area contributed by atoms with Crippen molar-refractivity contribution in [2.75, 3.05) is 20.1 Å². The summed E-state index contributed by atoms with van der Waals surface area (Å²) >= 11 is 1.70. The van der Waals surface area contributed by atoms with E-state index in [0.29, 0.717) is 25.9 Å². The predicted molar refractivity (Wildman–Crippen MR) is 80.6 cm³/mol. The molecule has 19 heavy (non-hydrogen) atoms. The maximum atomic E-state index is 12.0. The largest absolute Gasteiger partial charge is 0.330 e. The van der Waals surface area contributed by atoms with Crippen LogP contribution in [0.2, 0.25) is 0 Å². The highest BCUT2D eigenvalue weighted by atomic mass is 32.2. The first-order chi connectivity index (χ1) is 8.85. The molecular formula is C12H23N3O2S2. The van der Waals surface area contributed by atoms with E-state index in [2.05, 4.69) is 10.8 Å². The van der Waals surface area contributed by atoms with Crippen molar-refractivity contribution in [3.8, 4) is 0 Å². The molecule has 0 aliphatic rings. The van der Waals surface area contributed by atoms with E-state index in [0.717, 1.165) is 0 Å². The van der Waals surface area contributed by atoms with Crippen LogP contribution >= 0.6 is 11.3 Å². The van der Waals surface area contributed by atoms with Gasteiger partial charge in [0.2, 0.25) is 0 Å². The third-order valence-electron chi connectivity index (χ3n) is 2.74. The number of nitrogens with one attached hydrogen (secondary N) is 1. The minimum absolute atomic E-state index is 0.122. The number of nitrogens with two attached hydrogens (primary N) is 1. The van der Waals surface area contributed by atoms with Crippen molar-refractivity contribution in [3.05, 3.63) is 21.9 Å². The highest BCUT2D eigenvalue weighted by molar-refractivity contribution is 7.87. The highest BCUT2D eigenvalue weighted by Gasteiger charge is 2.20. The smallest absolute Gasteiger partial charge is 0.279 e. The summed E-state index contributed by atoms with van der Waals surface area (Å²) < 4.78 is 28.0. The molecule has 0 fully saturated rings. The fraction of sp³-hybridized carbons (Fsp3) is 0.667. The zero-order valence-electron chi connectivity index (χ0n) is 11.7. The van der Waals surface area contributed by atoms with Crippen LogP contribution in [-0.2, 0) is 16.6 Å². The maximum absolute atomic E-state index is 12.0. The average molecular weight is 305 g/mol. The lowest BCUT2D eigenvalue weighted by molar-refractivity contribution is 0.444. The van der Waals surface area contributed by atoms with Gasteiger partial charge < -0.3 is 5.73 Å². The molecule has 0 radical (unpaired) electrons. The zero-order chi connectivity index (χ0) is 14.5. The summed E-state index contributed by atoms with van der Waals surface area (Å²) in [5.41, 5.74) is 5.39. The predicted octanol–water partition coefficient (Wildman–Crippen LogP) is 1.10. The molecule has 0 aliphatic carbocycles. The van der Waals surface area contributed by atoms with Crippen LogP contribution < -0.4 is 10.5 Å². The summed E-state index contributed by atoms with van der Waals surface area (Å²) in [4.78, 5) is 2.43. The van der Waals surface area contributed by atoms with Crippen molar-refractivity contribution < 1.29 is 8.42 Å². The average Bonchev–Trinajstić information content (AvgIpc) is 2.70. The van der Waals surface area contributed by atoms with Crippen LogP contribution in [0.1, 0.15) is 23.1 Å². The van der Waals surface area contributed by atoms with Gasteiger partial charge in [0, 0.05) is 29.4 Å². The Morgan fingerprint density at radius 2 is 2.16 bits per heavy atom. The van der Waals surface area contributed by atoms with Gasteiger partial charge in [-0.15, -0.1) is 11.3 Å². The van der Waals surface area contributed by atoms with Gasteiger partial charge in [-0.25, -0.2) is 0 Å². The van der Waals surface area contributed by atoms with Crippen LogP contribution in [0, 0.1) is 6.92 Å². The summed E-state index contributed by atoms with van der Waals surface area (Å²) in [6, 6.07) is 3.97. The molecule has 0 amide bonds. The minimum Gasteiger partial charge on any atom is -0.330 e. The van der Waals surface area contributed by atoms with E-state index in [1.165, 1.54) is 14.1 Å². The monoisotopic (exact) mass is 305 g/mol. The molecule has 1 heterocycles. The van der Waals surface area contributed by atoms with Crippen molar-refractivity contribution in [1.82, 2.24) is 9.03 Å². The zero-order valence-corrected chi connectivity index (χ0v) is 13.4. The summed E-state index contributed by atoms with van der Waals surface area (Å²) in [5, 5.41) is 0. The van der Waals surface area contributed by atoms with Gasteiger partial charge in [0.15, 0.2) is 0 Å². The molecule has 3 N–H and O–H groups in total. The Kier molecular flexibility index (Phi) is 6.41. The van der Waals surface area contributed by atoms with Crippen LogP contribution in [0.15, 0.2) is 12.1 Å². The van der Waals surface area contributed by atoms with Crippen LogP contribution in [0.25, 0.3) is 0 Å². The van der Waals surface area contributed by atoms with Crippen LogP contribution in [-0.4, -0.2) is 38.9 Å². The minimum atomic E-state index is -3.41. The molecule has 0 aromatic carbocycles. The fourth-order valence-corrected chi connectivity index (χ4v) is 3.88. The Balaban J connectivity index is 2.52. The molecule has 1 atom stereocenters. The summed E-state index contributed by atoms with van der Waals surface area (Å²) in [7, 11) is -1.84. The number of aryl methyl sites for hydroxylation is 1. The number of rotatable bonds is 8. The lowest BCUT2D eigenvalue weighted by Crippen LogP contribution is -2.43. The first-order valence-electron chi connectivity index (χ1n) is 6.34. The first-order valence-corrected chi connectivity index (χ1v) is 8.60. The summed E-state index contributed by atoms with van der Waals surface area (Å²) in [6.45, 7) is 4.85. The van der Waals surface area contributed by atoms with Gasteiger partial charge in [-0.3, -0.25) is 0 Å². The molecule has 5 nitrogen and oxygen atoms in total. The number of hydrogen-bond acceptors (Lipinski definition) is 4. The molecule has 0 bridgehead atoms. The van der Waals surface area contributed by atoms with E-state index in [-0.39, 0.29) is 6.04 Å². The molecular weight excluding hydrogens is 282 g/mol. The molecule has 0 spiro atoms. The third-order valence-corrected chi connectivity index (χ3v) is 5.47. The Labute approximate surface area is 120 Å². The maximum Gasteiger partial charge on any atom is 0.279 e. The normalized spacial score (nSPS) is 13.9. The topological polar surface area (TPSA) is 75.4 Å². The van der Waals surface area contributed by atoms with E-state index in [4.69, 9.17) is 5.73 Å². The molecule has 0 aliphatic heterocycles. The number of thiophene rings is 1. The van der Waals surface area contributed by atoms with Gasteiger partial charge in [-0.05, 0) is 45.4 Å². The highest BCUT2D eigenvalue weighted by Crippen LogP contribution is 2.17. The second kappa shape index (κ2) is 7.35. The summed E-state index contributed by atoms with van der Waals surface area (Å²) in [6.07, 6.45) is 1.37. The lowest BCUT2D eigenvalue weighted by atomic mass is 10.2. The van der Waals surface area contributed by atoms with Crippen molar-refractivity contribution in [1.29, 1.82) is 0 Å². The molecule has 0 saturated heterocycles. The van der Waals surface area contributed by atoms with Gasteiger partial charge in [-0.2, -0.15) is 17.4 Å². The molecule has 0 saturated carbocycles. The molecule has 1 unspecified atom stereocenters. The molecule has 110 valence electrons. The molecule has 7 heteroatoms. The quantitative estimate of drug-likeness (QED) is 0.755. The Morgan fingerprint density at radius 3 is 2.68 bits per heavy atom. The third kappa shape index (κ3) is 5.58. The van der Waals surface area contributed by atoms with Gasteiger partial charge in [0.1, 0.15) is 0 Å². The van der Waals surface area contributed by atoms with E-state index in [1.807, 2.05) is 19.9 Å². The van der Waals surface area contributed by atoms with Crippen LogP contribution in [0.3, 0.4) is 0 Å². The van der Waals surface area contributed by atoms with E-state index in [9.17, 15) is 8.42 Å². The van der Waals surface area contributed by atoms with E-state index < -0.39 is 10.2 Å². The standard InChI is InChI=1S/C12H23N3O2S2/c1-10(9-12-6-5-11(2)18-12)14-19(16,17)15(3)8-4-7-13/h5-6,10,14H,4,7-9,13H2,1-3H3. The Morgan fingerprint density at radius 1 is 1.47 bits per heavy atom. The second-order valence-electron chi connectivity index (χ2n) is 4.70. The Hall–Kier alpha value is -0.470. The van der Waals surface area contributed by atoms with Crippen LogP contribution in [0.5, 0.6) is 0 Å². The van der Waals surface area contributed by atoms with Gasteiger partial charge >= 0.3 is 0 Å². The van der Waals surface area contributed by atoms with Gasteiger partial charge in [0.05, 0.1) is 0 Å². The van der Waals surface area contributed by atoms with Gasteiger partial charge in [-0.1, -0.05) is 0 Å². The van der Waals surface area contributed by atoms with Crippen molar-refractivity contribution >= 4 is 21.5 Å². The van der Waals surface area contributed by atoms with Crippen molar-refractivity contribution in [2.24, 2.45) is 5.73 Å². The number of hydrogen-bond donors (Lipinski definition) is 2. The molecule has 1 aromatic heterocycles. The van der Waals surface area contributed by atoms with Crippen LogP contribution in [0.4, 0.5) is 0 Å². The van der Waals surface area contributed by atoms with E-state index >= 15 is 0 Å². The van der Waals surface area contributed by atoms with Crippen molar-refractivity contribution in [2.45, 2.75) is 32.7 Å². The summed E-state index contributed by atoms with van der Waals surface area (Å²) in [5.74, 6) is 0. The lowest BCUT2D eigenvalue weighted by Gasteiger charge is -2.20.